The molecule has 0 aromatic rings. The number of nitrogens with zero attached hydrogens (tertiary/aromatic N) is 1. The summed E-state index contributed by atoms with van der Waals surface area (Å²) >= 11 is 3.53. The molecule has 1 atom stereocenters. The van der Waals surface area contributed by atoms with Crippen molar-refractivity contribution in [2.45, 2.75) is 24.1 Å². The van der Waals surface area contributed by atoms with Crippen molar-refractivity contribution in [3.05, 3.63) is 0 Å². The minimum absolute atomic E-state index is 0.0421. The molecule has 92 valence electrons. The van der Waals surface area contributed by atoms with Crippen molar-refractivity contribution in [1.29, 1.82) is 0 Å². The minimum Gasteiger partial charge on any atom is -0.342 e. The summed E-state index contributed by atoms with van der Waals surface area (Å²) in [4.78, 5) is 14.4. The van der Waals surface area contributed by atoms with Crippen molar-refractivity contribution < 1.29 is 13.2 Å². The zero-order chi connectivity index (χ0) is 11.8. The SMILES string of the molecule is O=C(C1CCS(=O)(=O)C1)N1CCC(Br)CC1. The summed E-state index contributed by atoms with van der Waals surface area (Å²) < 4.78 is 22.6. The third-order valence-corrected chi connectivity index (χ3v) is 6.00. The molecule has 16 heavy (non-hydrogen) atoms. The van der Waals surface area contributed by atoms with E-state index in [9.17, 15) is 13.2 Å². The van der Waals surface area contributed by atoms with Gasteiger partial charge in [0.25, 0.3) is 0 Å². The molecule has 0 aromatic carbocycles. The molecule has 2 aliphatic heterocycles. The number of hydrogen-bond acceptors (Lipinski definition) is 3. The van der Waals surface area contributed by atoms with Crippen LogP contribution >= 0.6 is 15.9 Å². The molecule has 4 nitrogen and oxygen atoms in total. The van der Waals surface area contributed by atoms with E-state index in [-0.39, 0.29) is 23.3 Å². The van der Waals surface area contributed by atoms with Crippen molar-refractivity contribution in [2.24, 2.45) is 5.92 Å². The Morgan fingerprint density at radius 3 is 2.31 bits per heavy atom. The molecule has 0 spiro atoms. The van der Waals surface area contributed by atoms with Crippen molar-refractivity contribution >= 4 is 31.7 Å². The van der Waals surface area contributed by atoms with Gasteiger partial charge < -0.3 is 4.90 Å². The lowest BCUT2D eigenvalue weighted by Gasteiger charge is -2.31. The quantitative estimate of drug-likeness (QED) is 0.674. The van der Waals surface area contributed by atoms with Crippen LogP contribution < -0.4 is 0 Å². The summed E-state index contributed by atoms with van der Waals surface area (Å²) in [7, 11) is -2.95. The number of likely N-dealkylation sites (tertiary alicyclic amines) is 1. The lowest BCUT2D eigenvalue weighted by atomic mass is 10.0. The van der Waals surface area contributed by atoms with Gasteiger partial charge in [-0.15, -0.1) is 0 Å². The van der Waals surface area contributed by atoms with Gasteiger partial charge in [0.2, 0.25) is 5.91 Å². The number of hydrogen-bond donors (Lipinski definition) is 0. The van der Waals surface area contributed by atoms with Crippen LogP contribution in [0.5, 0.6) is 0 Å². The number of rotatable bonds is 1. The van der Waals surface area contributed by atoms with Gasteiger partial charge in [-0.2, -0.15) is 0 Å². The Morgan fingerprint density at radius 1 is 1.19 bits per heavy atom. The first-order chi connectivity index (χ1) is 7.48. The number of sulfone groups is 1. The highest BCUT2D eigenvalue weighted by Crippen LogP contribution is 2.24. The Bertz CT molecular complexity index is 374. The lowest BCUT2D eigenvalue weighted by Crippen LogP contribution is -2.42. The summed E-state index contributed by atoms with van der Waals surface area (Å²) in [5.74, 6) is -0.00405. The van der Waals surface area contributed by atoms with Gasteiger partial charge in [-0.05, 0) is 19.3 Å². The summed E-state index contributed by atoms with van der Waals surface area (Å²) in [6, 6.07) is 0. The predicted molar refractivity (Wildman–Crippen MR) is 65.3 cm³/mol. The number of amides is 1. The summed E-state index contributed by atoms with van der Waals surface area (Å²) in [5, 5.41) is 0. The molecule has 2 fully saturated rings. The second kappa shape index (κ2) is 4.64. The van der Waals surface area contributed by atoms with Crippen LogP contribution in [0.25, 0.3) is 0 Å². The van der Waals surface area contributed by atoms with Crippen molar-refractivity contribution in [3.63, 3.8) is 0 Å². The third kappa shape index (κ3) is 2.77. The van der Waals surface area contributed by atoms with Crippen LogP contribution in [0.15, 0.2) is 0 Å². The molecule has 0 radical (unpaired) electrons. The van der Waals surface area contributed by atoms with Crippen LogP contribution in [-0.2, 0) is 14.6 Å². The molecular formula is C10H16BrNO3S. The molecule has 1 amide bonds. The standard InChI is InChI=1S/C10H16BrNO3S/c11-9-1-4-12(5-2-9)10(13)8-3-6-16(14,15)7-8/h8-9H,1-7H2. The van der Waals surface area contributed by atoms with E-state index in [1.807, 2.05) is 4.90 Å². The van der Waals surface area contributed by atoms with Crippen molar-refractivity contribution in [2.75, 3.05) is 24.6 Å². The topological polar surface area (TPSA) is 54.5 Å². The zero-order valence-corrected chi connectivity index (χ0v) is 11.5. The van der Waals surface area contributed by atoms with E-state index in [1.54, 1.807) is 0 Å². The molecule has 2 rings (SSSR count). The fourth-order valence-corrected chi connectivity index (χ4v) is 4.46. The molecular weight excluding hydrogens is 294 g/mol. The predicted octanol–water partition coefficient (Wildman–Crippen LogP) is 0.807. The van der Waals surface area contributed by atoms with Gasteiger partial charge in [0.1, 0.15) is 0 Å². The number of alkyl halides is 1. The van der Waals surface area contributed by atoms with E-state index in [4.69, 9.17) is 0 Å². The van der Waals surface area contributed by atoms with E-state index in [1.165, 1.54) is 0 Å². The van der Waals surface area contributed by atoms with Gasteiger partial charge in [0.05, 0.1) is 17.4 Å². The molecule has 2 saturated heterocycles. The lowest BCUT2D eigenvalue weighted by molar-refractivity contribution is -0.135. The second-order valence-electron chi connectivity index (χ2n) is 4.60. The normalized spacial score (nSPS) is 30.6. The smallest absolute Gasteiger partial charge is 0.226 e. The molecule has 0 bridgehead atoms. The molecule has 2 aliphatic rings. The van der Waals surface area contributed by atoms with Crippen LogP contribution in [0.1, 0.15) is 19.3 Å². The molecule has 6 heteroatoms. The number of piperidine rings is 1. The summed E-state index contributed by atoms with van der Waals surface area (Å²) in [6.45, 7) is 1.51. The van der Waals surface area contributed by atoms with Crippen molar-refractivity contribution in [3.8, 4) is 0 Å². The maximum Gasteiger partial charge on any atom is 0.226 e. The largest absolute Gasteiger partial charge is 0.342 e. The fraction of sp³-hybridized carbons (Fsp3) is 0.900. The second-order valence-corrected chi connectivity index (χ2v) is 8.12. The Morgan fingerprint density at radius 2 is 1.81 bits per heavy atom. The van der Waals surface area contributed by atoms with Crippen LogP contribution in [0.4, 0.5) is 0 Å². The Balaban J connectivity index is 1.93. The number of carbonyl (C=O) groups excluding carboxylic acids is 1. The summed E-state index contributed by atoms with van der Waals surface area (Å²) in [5.41, 5.74) is 0. The van der Waals surface area contributed by atoms with Gasteiger partial charge in [-0.25, -0.2) is 8.42 Å². The van der Waals surface area contributed by atoms with E-state index < -0.39 is 9.84 Å². The first-order valence-electron chi connectivity index (χ1n) is 5.61. The highest BCUT2D eigenvalue weighted by atomic mass is 79.9. The monoisotopic (exact) mass is 309 g/mol. The van der Waals surface area contributed by atoms with Crippen LogP contribution in [-0.4, -0.2) is 48.6 Å². The number of carbonyl (C=O) groups is 1. The van der Waals surface area contributed by atoms with E-state index >= 15 is 0 Å². The molecule has 0 aromatic heterocycles. The third-order valence-electron chi connectivity index (χ3n) is 3.32. The van der Waals surface area contributed by atoms with Crippen LogP contribution in [0.3, 0.4) is 0 Å². The van der Waals surface area contributed by atoms with Crippen LogP contribution in [0, 0.1) is 5.92 Å². The average molecular weight is 310 g/mol. The van der Waals surface area contributed by atoms with Gasteiger partial charge >= 0.3 is 0 Å². The zero-order valence-electron chi connectivity index (χ0n) is 9.06. The first-order valence-corrected chi connectivity index (χ1v) is 8.35. The fourth-order valence-electron chi connectivity index (χ4n) is 2.32. The maximum atomic E-state index is 12.0. The van der Waals surface area contributed by atoms with Crippen molar-refractivity contribution in [1.82, 2.24) is 4.90 Å². The van der Waals surface area contributed by atoms with Crippen LogP contribution in [0.2, 0.25) is 0 Å². The summed E-state index contributed by atoms with van der Waals surface area (Å²) in [6.07, 6.45) is 2.44. The number of halogens is 1. The van der Waals surface area contributed by atoms with Gasteiger partial charge in [0.15, 0.2) is 9.84 Å². The Labute approximate surface area is 104 Å². The molecule has 0 saturated carbocycles. The Hall–Kier alpha value is -0.100. The average Bonchev–Trinajstić information content (AvgIpc) is 2.59. The Kier molecular flexibility index (Phi) is 3.59. The van der Waals surface area contributed by atoms with Gasteiger partial charge in [-0.3, -0.25) is 4.79 Å². The maximum absolute atomic E-state index is 12.0. The van der Waals surface area contributed by atoms with E-state index in [0.29, 0.717) is 11.2 Å². The molecule has 0 N–H and O–H groups in total. The highest BCUT2D eigenvalue weighted by Gasteiger charge is 2.36. The highest BCUT2D eigenvalue weighted by molar-refractivity contribution is 9.09. The van der Waals surface area contributed by atoms with E-state index in [2.05, 4.69) is 15.9 Å². The van der Waals surface area contributed by atoms with E-state index in [0.717, 1.165) is 25.9 Å². The van der Waals surface area contributed by atoms with Gasteiger partial charge in [-0.1, -0.05) is 15.9 Å². The van der Waals surface area contributed by atoms with Gasteiger partial charge in [0, 0.05) is 17.9 Å². The molecule has 2 heterocycles. The molecule has 0 aliphatic carbocycles. The minimum atomic E-state index is -2.95. The molecule has 1 unspecified atom stereocenters. The first kappa shape index (κ1) is 12.4.